The molecule has 8 nitrogen and oxygen atoms in total. The fraction of sp³-hybridized carbons (Fsp3) is 0.692. The summed E-state index contributed by atoms with van der Waals surface area (Å²) in [4.78, 5) is 18.0. The molecule has 2 fully saturated rings. The van der Waals surface area contributed by atoms with Crippen LogP contribution >= 0.6 is 27.5 Å². The Morgan fingerprint density at radius 3 is 2.64 bits per heavy atom. The predicted molar refractivity (Wildman–Crippen MR) is 151 cm³/mol. The number of hydrogen-bond acceptors (Lipinski definition) is 7. The molecule has 0 aromatic heterocycles. The van der Waals surface area contributed by atoms with Crippen molar-refractivity contribution in [2.75, 3.05) is 32.1 Å². The zero-order chi connectivity index (χ0) is 26.7. The van der Waals surface area contributed by atoms with Gasteiger partial charge in [0, 0.05) is 37.8 Å². The van der Waals surface area contributed by atoms with Gasteiger partial charge >= 0.3 is 5.97 Å². The van der Waals surface area contributed by atoms with Crippen LogP contribution in [0.2, 0.25) is 0 Å². The van der Waals surface area contributed by atoms with Crippen molar-refractivity contribution in [3.63, 3.8) is 0 Å². The van der Waals surface area contributed by atoms with E-state index in [0.29, 0.717) is 28.5 Å². The van der Waals surface area contributed by atoms with Gasteiger partial charge in [0.05, 0.1) is 21.8 Å². The maximum atomic E-state index is 11.2. The topological polar surface area (TPSA) is 117 Å². The molecule has 1 aliphatic carbocycles. The Morgan fingerprint density at radius 2 is 2.06 bits per heavy atom. The Kier molecular flexibility index (Phi) is 13.3. The number of carboxylic acid groups (broad SMARTS) is 1. The average molecular weight is 589 g/mol. The van der Waals surface area contributed by atoms with E-state index < -0.39 is 12.1 Å². The molecule has 204 valence electrons. The molecule has 2 unspecified atom stereocenters. The van der Waals surface area contributed by atoms with Crippen molar-refractivity contribution in [3.8, 4) is 0 Å². The first-order valence-electron chi connectivity index (χ1n) is 13.0. The van der Waals surface area contributed by atoms with Crippen LogP contribution < -0.4 is 11.6 Å². The highest BCUT2D eigenvalue weighted by atomic mass is 79.9. The molecule has 0 amide bonds. The second kappa shape index (κ2) is 15.6. The first-order chi connectivity index (χ1) is 17.2. The average Bonchev–Trinajstić information content (AvgIpc) is 3.66. The lowest BCUT2D eigenvalue weighted by atomic mass is 9.94. The lowest BCUT2D eigenvalue weighted by Gasteiger charge is -2.33. The monoisotopic (exact) mass is 587 g/mol. The Labute approximate surface area is 229 Å². The van der Waals surface area contributed by atoms with E-state index in [1.807, 2.05) is 13.0 Å². The molecule has 0 bridgehead atoms. The van der Waals surface area contributed by atoms with Crippen LogP contribution in [-0.4, -0.2) is 65.4 Å². The summed E-state index contributed by atoms with van der Waals surface area (Å²) in [5.74, 6) is 7.22. The quantitative estimate of drug-likeness (QED) is 0.0618. The first-order valence-corrected chi connectivity index (χ1v) is 14.3. The summed E-state index contributed by atoms with van der Waals surface area (Å²) in [5, 5.41) is 10.9. The van der Waals surface area contributed by atoms with Crippen molar-refractivity contribution >= 4 is 39.7 Å². The molecule has 2 rings (SSSR count). The molecule has 10 heteroatoms. The number of alkyl halides is 1. The number of carboxylic acids is 1. The second-order valence-corrected chi connectivity index (χ2v) is 10.8. The summed E-state index contributed by atoms with van der Waals surface area (Å²) in [7, 11) is 0. The van der Waals surface area contributed by atoms with E-state index in [2.05, 4.69) is 39.7 Å². The van der Waals surface area contributed by atoms with Crippen molar-refractivity contribution in [1.82, 2.24) is 9.91 Å². The molecule has 1 heterocycles. The number of hydrazine groups is 1. The normalized spacial score (nSPS) is 21.7. The van der Waals surface area contributed by atoms with Gasteiger partial charge in [0.15, 0.2) is 0 Å². The molecular weight excluding hydrogens is 546 g/mol. The van der Waals surface area contributed by atoms with Crippen LogP contribution in [0.3, 0.4) is 0 Å². The maximum absolute atomic E-state index is 11.2. The number of piperidine rings is 1. The molecule has 0 aromatic carbocycles. The van der Waals surface area contributed by atoms with Gasteiger partial charge in [-0.05, 0) is 79.8 Å². The standard InChI is InChI=1S/C26H43BrClN5O3/c1-4-7-22(33(30)16-19-9-10-19)25(29)24(27)18(3)36-26(31-12-11-28)21(5-2)17-32-13-6-8-20(15-32)14-23(34)35/h7,12,18-20H,4-6,8-11,13-17,29-30H2,1-3H3,(H,34,35)/b22-7+,25-24-,26-21-,31-12-. The Balaban J connectivity index is 2.22. The Morgan fingerprint density at radius 1 is 1.33 bits per heavy atom. The van der Waals surface area contributed by atoms with Crippen molar-refractivity contribution in [2.24, 2.45) is 28.4 Å². The lowest BCUT2D eigenvalue weighted by molar-refractivity contribution is -0.138. The SMILES string of the molecule is CC/C=C(\C(N)=C(\Br)C(C)OC(/N=C\CCl)=C(/CC)CN1CCCC(CC(=O)O)C1)N(N)CC1CC1. The van der Waals surface area contributed by atoms with Crippen LogP contribution in [0.25, 0.3) is 0 Å². The van der Waals surface area contributed by atoms with Crippen LogP contribution in [0.5, 0.6) is 0 Å². The number of ether oxygens (including phenoxy) is 1. The summed E-state index contributed by atoms with van der Waals surface area (Å²) >= 11 is 9.57. The van der Waals surface area contributed by atoms with E-state index in [1.165, 1.54) is 12.8 Å². The third kappa shape index (κ3) is 10.1. The van der Waals surface area contributed by atoms with Gasteiger partial charge in [-0.3, -0.25) is 9.69 Å². The molecule has 2 atom stereocenters. The fourth-order valence-corrected chi connectivity index (χ4v) is 4.81. The van der Waals surface area contributed by atoms with E-state index in [0.717, 1.165) is 56.6 Å². The van der Waals surface area contributed by atoms with E-state index in [-0.39, 0.29) is 18.2 Å². The van der Waals surface area contributed by atoms with Crippen LogP contribution in [0.1, 0.15) is 65.7 Å². The van der Waals surface area contributed by atoms with Gasteiger partial charge in [-0.1, -0.05) is 19.9 Å². The summed E-state index contributed by atoms with van der Waals surface area (Å²) in [6.07, 6.45) is 9.38. The summed E-state index contributed by atoms with van der Waals surface area (Å²) in [6, 6.07) is 0. The van der Waals surface area contributed by atoms with E-state index in [1.54, 1.807) is 11.2 Å². The molecule has 0 radical (unpaired) electrons. The van der Waals surface area contributed by atoms with Gasteiger partial charge < -0.3 is 20.6 Å². The first kappa shape index (κ1) is 30.7. The van der Waals surface area contributed by atoms with Crippen LogP contribution in [0, 0.1) is 11.8 Å². The number of hydrogen-bond donors (Lipinski definition) is 3. The summed E-state index contributed by atoms with van der Waals surface area (Å²) in [6.45, 7) is 9.20. The summed E-state index contributed by atoms with van der Waals surface area (Å²) in [5.41, 5.74) is 8.96. The maximum Gasteiger partial charge on any atom is 0.303 e. The number of aliphatic imine (C=N–C) groups is 1. The zero-order valence-corrected chi connectivity index (χ0v) is 24.2. The highest BCUT2D eigenvalue weighted by Gasteiger charge is 2.27. The van der Waals surface area contributed by atoms with Crippen LogP contribution in [-0.2, 0) is 9.53 Å². The molecule has 2 aliphatic rings. The van der Waals surface area contributed by atoms with Crippen LogP contribution in [0.15, 0.2) is 38.4 Å². The lowest BCUT2D eigenvalue weighted by Crippen LogP contribution is -2.37. The number of nitrogens with zero attached hydrogens (tertiary/aromatic N) is 3. The van der Waals surface area contributed by atoms with Crippen LogP contribution in [0.4, 0.5) is 0 Å². The smallest absolute Gasteiger partial charge is 0.303 e. The number of nitrogens with two attached hydrogens (primary N) is 2. The minimum absolute atomic E-state index is 0.166. The molecule has 36 heavy (non-hydrogen) atoms. The molecule has 1 saturated heterocycles. The number of carbonyl (C=O) groups is 1. The molecule has 0 aromatic rings. The fourth-order valence-electron chi connectivity index (χ4n) is 4.44. The van der Waals surface area contributed by atoms with E-state index in [4.69, 9.17) is 27.9 Å². The Bertz CT molecular complexity index is 857. The number of halogens is 2. The van der Waals surface area contributed by atoms with E-state index in [9.17, 15) is 9.90 Å². The largest absolute Gasteiger partial charge is 0.481 e. The van der Waals surface area contributed by atoms with Crippen molar-refractivity contribution < 1.29 is 14.6 Å². The minimum atomic E-state index is -0.739. The molecule has 1 saturated carbocycles. The Hall–Kier alpha value is -1.55. The highest BCUT2D eigenvalue weighted by molar-refractivity contribution is 9.11. The number of allylic oxidation sites excluding steroid dienone is 1. The van der Waals surface area contributed by atoms with Gasteiger partial charge in [0.1, 0.15) is 6.10 Å². The minimum Gasteiger partial charge on any atom is -0.481 e. The van der Waals surface area contributed by atoms with Crippen molar-refractivity contribution in [2.45, 2.75) is 71.8 Å². The predicted octanol–water partition coefficient (Wildman–Crippen LogP) is 4.95. The molecule has 0 spiro atoms. The van der Waals surface area contributed by atoms with Gasteiger partial charge in [0.2, 0.25) is 5.88 Å². The third-order valence-electron chi connectivity index (χ3n) is 6.52. The molecular formula is C26H43BrClN5O3. The molecule has 5 N–H and O–H groups in total. The second-order valence-electron chi connectivity index (χ2n) is 9.68. The van der Waals surface area contributed by atoms with Gasteiger partial charge in [-0.15, -0.1) is 11.6 Å². The zero-order valence-electron chi connectivity index (χ0n) is 21.9. The number of likely N-dealkylation sites (tertiary alicyclic amines) is 1. The number of rotatable bonds is 15. The van der Waals surface area contributed by atoms with Gasteiger partial charge in [0.25, 0.3) is 0 Å². The summed E-state index contributed by atoms with van der Waals surface area (Å²) < 4.78 is 7.06. The third-order valence-corrected chi connectivity index (χ3v) is 7.73. The number of aliphatic carboxylic acids is 1. The van der Waals surface area contributed by atoms with Crippen molar-refractivity contribution in [3.05, 3.63) is 33.4 Å². The van der Waals surface area contributed by atoms with Crippen molar-refractivity contribution in [1.29, 1.82) is 0 Å². The van der Waals surface area contributed by atoms with Gasteiger partial charge in [-0.25, -0.2) is 10.8 Å². The van der Waals surface area contributed by atoms with Gasteiger partial charge in [-0.2, -0.15) is 0 Å². The van der Waals surface area contributed by atoms with E-state index >= 15 is 0 Å². The molecule has 1 aliphatic heterocycles. The highest BCUT2D eigenvalue weighted by Crippen LogP contribution is 2.32.